The van der Waals surface area contributed by atoms with Crippen molar-refractivity contribution < 1.29 is 4.79 Å². The molecule has 1 N–H and O–H groups in total. The van der Waals surface area contributed by atoms with Gasteiger partial charge in [0.1, 0.15) is 0 Å². The lowest BCUT2D eigenvalue weighted by molar-refractivity contribution is -0.118. The van der Waals surface area contributed by atoms with Gasteiger partial charge in [-0.15, -0.1) is 0 Å². The highest BCUT2D eigenvalue weighted by Gasteiger charge is 1.96. The van der Waals surface area contributed by atoms with Gasteiger partial charge in [-0.3, -0.25) is 4.79 Å². The van der Waals surface area contributed by atoms with Crippen LogP contribution in [0.1, 0.15) is 18.2 Å². The Morgan fingerprint density at radius 1 is 1.37 bits per heavy atom. The fraction of sp³-hybridized carbons (Fsp3) is 0.200. The molecule has 0 radical (unpaired) electrons. The average Bonchev–Trinajstić information content (AvgIpc) is 2.83. The third-order valence-electron chi connectivity index (χ3n) is 2.62. The summed E-state index contributed by atoms with van der Waals surface area (Å²) >= 11 is 0. The summed E-state index contributed by atoms with van der Waals surface area (Å²) in [6.45, 7) is 2.84. The number of hydrogen-bond donors (Lipinski definition) is 1. The van der Waals surface area contributed by atoms with E-state index in [1.165, 1.54) is 12.5 Å². The molecular weight excluding hydrogens is 238 g/mol. The number of rotatable bonds is 5. The van der Waals surface area contributed by atoms with E-state index in [1.54, 1.807) is 0 Å². The normalized spacial score (nSPS) is 10.8. The predicted octanol–water partition coefficient (Wildman–Crippen LogP) is 2.08. The van der Waals surface area contributed by atoms with Crippen molar-refractivity contribution in [2.24, 2.45) is 0 Å². The quantitative estimate of drug-likeness (QED) is 0.889. The van der Waals surface area contributed by atoms with Crippen molar-refractivity contribution in [2.45, 2.75) is 13.5 Å². The lowest BCUT2D eigenvalue weighted by Crippen LogP contribution is -2.19. The van der Waals surface area contributed by atoms with E-state index >= 15 is 0 Å². The van der Waals surface area contributed by atoms with Crippen molar-refractivity contribution in [1.82, 2.24) is 14.9 Å². The molecule has 2 aromatic rings. The number of amides is 1. The molecule has 0 atom stereocenters. The van der Waals surface area contributed by atoms with E-state index in [9.17, 15) is 4.79 Å². The monoisotopic (exact) mass is 255 g/mol. The smallest absolute Gasteiger partial charge is 0.217 e. The van der Waals surface area contributed by atoms with E-state index in [0.29, 0.717) is 6.54 Å². The van der Waals surface area contributed by atoms with E-state index < -0.39 is 0 Å². The summed E-state index contributed by atoms with van der Waals surface area (Å²) in [5.41, 5.74) is 2.13. The second kappa shape index (κ2) is 6.54. The van der Waals surface area contributed by atoms with Gasteiger partial charge in [-0.2, -0.15) is 0 Å². The van der Waals surface area contributed by atoms with E-state index in [4.69, 9.17) is 0 Å². The minimum atomic E-state index is -0.0285. The number of carbonyl (C=O) groups excluding carboxylic acids is 1. The first-order valence-corrected chi connectivity index (χ1v) is 6.21. The van der Waals surface area contributed by atoms with Gasteiger partial charge in [-0.05, 0) is 11.6 Å². The standard InChI is InChI=1S/C15H17N3O/c1-13(19)16-9-5-8-15-11-18(12-17-15)10-14-6-3-2-4-7-14/h2-8,11-12H,9-10H2,1H3,(H,16,19)/b8-5+. The zero-order valence-electron chi connectivity index (χ0n) is 10.9. The first-order valence-electron chi connectivity index (χ1n) is 6.21. The Bertz CT molecular complexity index is 558. The Hall–Kier alpha value is -2.36. The van der Waals surface area contributed by atoms with Gasteiger partial charge >= 0.3 is 0 Å². The molecule has 0 saturated heterocycles. The third-order valence-corrected chi connectivity index (χ3v) is 2.62. The molecule has 0 aliphatic rings. The number of carbonyl (C=O) groups is 1. The Balaban J connectivity index is 1.90. The maximum absolute atomic E-state index is 10.7. The summed E-state index contributed by atoms with van der Waals surface area (Å²) < 4.78 is 2.04. The van der Waals surface area contributed by atoms with Gasteiger partial charge in [0.15, 0.2) is 0 Å². The largest absolute Gasteiger partial charge is 0.353 e. The van der Waals surface area contributed by atoms with Crippen LogP contribution in [-0.4, -0.2) is 22.0 Å². The van der Waals surface area contributed by atoms with Gasteiger partial charge in [-0.1, -0.05) is 36.4 Å². The maximum Gasteiger partial charge on any atom is 0.217 e. The Kier molecular flexibility index (Phi) is 4.50. The fourth-order valence-corrected chi connectivity index (χ4v) is 1.73. The topological polar surface area (TPSA) is 46.9 Å². The highest BCUT2D eigenvalue weighted by molar-refractivity contribution is 5.73. The lowest BCUT2D eigenvalue weighted by atomic mass is 10.2. The fourth-order valence-electron chi connectivity index (χ4n) is 1.73. The zero-order valence-corrected chi connectivity index (χ0v) is 10.9. The maximum atomic E-state index is 10.7. The van der Waals surface area contributed by atoms with Crippen molar-refractivity contribution in [3.05, 3.63) is 60.2 Å². The molecule has 1 aromatic heterocycles. The van der Waals surface area contributed by atoms with Crippen LogP contribution in [-0.2, 0) is 11.3 Å². The van der Waals surface area contributed by atoms with Gasteiger partial charge < -0.3 is 9.88 Å². The van der Waals surface area contributed by atoms with Gasteiger partial charge in [0.2, 0.25) is 5.91 Å². The van der Waals surface area contributed by atoms with Gasteiger partial charge in [0, 0.05) is 26.2 Å². The average molecular weight is 255 g/mol. The predicted molar refractivity (Wildman–Crippen MR) is 75.5 cm³/mol. The molecule has 4 heteroatoms. The molecule has 0 aliphatic heterocycles. The van der Waals surface area contributed by atoms with E-state index in [0.717, 1.165) is 12.2 Å². The van der Waals surface area contributed by atoms with Crippen molar-refractivity contribution in [3.8, 4) is 0 Å². The van der Waals surface area contributed by atoms with Gasteiger partial charge in [0.05, 0.1) is 12.0 Å². The van der Waals surface area contributed by atoms with Gasteiger partial charge in [-0.25, -0.2) is 4.98 Å². The Labute approximate surface area is 112 Å². The molecule has 1 amide bonds. The zero-order chi connectivity index (χ0) is 13.5. The van der Waals surface area contributed by atoms with Crippen molar-refractivity contribution in [2.75, 3.05) is 6.54 Å². The summed E-state index contributed by atoms with van der Waals surface area (Å²) in [6, 6.07) is 10.2. The minimum Gasteiger partial charge on any atom is -0.353 e. The third kappa shape index (κ3) is 4.43. The Morgan fingerprint density at radius 2 is 2.16 bits per heavy atom. The minimum absolute atomic E-state index is 0.0285. The van der Waals surface area contributed by atoms with E-state index in [-0.39, 0.29) is 5.91 Å². The molecule has 1 aromatic carbocycles. The van der Waals surface area contributed by atoms with Crippen molar-refractivity contribution in [3.63, 3.8) is 0 Å². The molecule has 0 spiro atoms. The lowest BCUT2D eigenvalue weighted by Gasteiger charge is -2.00. The number of benzene rings is 1. The first-order chi connectivity index (χ1) is 9.24. The van der Waals surface area contributed by atoms with Crippen LogP contribution in [0.5, 0.6) is 0 Å². The molecule has 2 rings (SSSR count). The molecule has 98 valence electrons. The SMILES string of the molecule is CC(=O)NC/C=C/c1cn(Cc2ccccc2)cn1. The second-order valence-corrected chi connectivity index (χ2v) is 4.30. The van der Waals surface area contributed by atoms with E-state index in [2.05, 4.69) is 22.4 Å². The second-order valence-electron chi connectivity index (χ2n) is 4.30. The molecular formula is C15H17N3O. The number of aromatic nitrogens is 2. The summed E-state index contributed by atoms with van der Waals surface area (Å²) in [7, 11) is 0. The van der Waals surface area contributed by atoms with Crippen LogP contribution in [0.4, 0.5) is 0 Å². The van der Waals surface area contributed by atoms with Crippen LogP contribution in [0.15, 0.2) is 48.9 Å². The van der Waals surface area contributed by atoms with Crippen LogP contribution in [0, 0.1) is 0 Å². The number of nitrogens with one attached hydrogen (secondary N) is 1. The molecule has 0 unspecified atom stereocenters. The number of imidazole rings is 1. The van der Waals surface area contributed by atoms with Crippen LogP contribution >= 0.6 is 0 Å². The molecule has 4 nitrogen and oxygen atoms in total. The first kappa shape index (κ1) is 13.1. The van der Waals surface area contributed by atoms with Crippen molar-refractivity contribution in [1.29, 1.82) is 0 Å². The molecule has 0 aliphatic carbocycles. The highest BCUT2D eigenvalue weighted by Crippen LogP contribution is 2.04. The molecule has 0 saturated carbocycles. The summed E-state index contributed by atoms with van der Waals surface area (Å²) in [5.74, 6) is -0.0285. The molecule has 0 bridgehead atoms. The molecule has 0 fully saturated rings. The van der Waals surface area contributed by atoms with Crippen molar-refractivity contribution >= 4 is 12.0 Å². The number of hydrogen-bond acceptors (Lipinski definition) is 2. The van der Waals surface area contributed by atoms with E-state index in [1.807, 2.05) is 47.4 Å². The summed E-state index contributed by atoms with van der Waals surface area (Å²) in [5, 5.41) is 2.70. The van der Waals surface area contributed by atoms with Crippen LogP contribution in [0.2, 0.25) is 0 Å². The number of nitrogens with zero attached hydrogens (tertiary/aromatic N) is 2. The van der Waals surface area contributed by atoms with Crippen LogP contribution in [0.3, 0.4) is 0 Å². The van der Waals surface area contributed by atoms with Crippen LogP contribution in [0.25, 0.3) is 6.08 Å². The molecule has 1 heterocycles. The summed E-state index contributed by atoms with van der Waals surface area (Å²) in [6.07, 6.45) is 7.58. The highest BCUT2D eigenvalue weighted by atomic mass is 16.1. The van der Waals surface area contributed by atoms with Crippen LogP contribution < -0.4 is 5.32 Å². The van der Waals surface area contributed by atoms with Gasteiger partial charge in [0.25, 0.3) is 0 Å². The summed E-state index contributed by atoms with van der Waals surface area (Å²) in [4.78, 5) is 15.0. The molecule has 19 heavy (non-hydrogen) atoms. The Morgan fingerprint density at radius 3 is 2.89 bits per heavy atom.